The monoisotopic (exact) mass is 229 g/mol. The minimum absolute atomic E-state index is 0.289. The quantitative estimate of drug-likeness (QED) is 0.561. The summed E-state index contributed by atoms with van der Waals surface area (Å²) in [5.41, 5.74) is 4.75. The van der Waals surface area contributed by atoms with Gasteiger partial charge in [0.2, 0.25) is 6.08 Å². The average molecular weight is 229 g/mol. The summed E-state index contributed by atoms with van der Waals surface area (Å²) < 4.78 is 0. The maximum Gasteiger partial charge on any atom is 0.235 e. The van der Waals surface area contributed by atoms with Gasteiger partial charge in [-0.05, 0) is 50.3 Å². The van der Waals surface area contributed by atoms with E-state index in [1.165, 1.54) is 22.3 Å². The van der Waals surface area contributed by atoms with Gasteiger partial charge in [-0.25, -0.2) is 4.79 Å². The summed E-state index contributed by atoms with van der Waals surface area (Å²) in [5, 5.41) is 0. The summed E-state index contributed by atoms with van der Waals surface area (Å²) in [6.45, 7) is 6.35. The van der Waals surface area contributed by atoms with Gasteiger partial charge < -0.3 is 0 Å². The number of benzene rings is 1. The third-order valence-electron chi connectivity index (χ3n) is 4.00. The molecule has 1 aliphatic carbocycles. The van der Waals surface area contributed by atoms with Gasteiger partial charge in [0.25, 0.3) is 0 Å². The Bertz CT molecular complexity index is 478. The molecule has 2 rings (SSSR count). The fourth-order valence-corrected chi connectivity index (χ4v) is 3.01. The van der Waals surface area contributed by atoms with Crippen LogP contribution in [0.15, 0.2) is 17.1 Å². The molecule has 0 radical (unpaired) electrons. The van der Waals surface area contributed by atoms with Crippen molar-refractivity contribution in [1.29, 1.82) is 0 Å². The molecule has 90 valence electrons. The molecule has 0 unspecified atom stereocenters. The zero-order valence-electron chi connectivity index (χ0n) is 10.8. The fraction of sp³-hybridized carbons (Fsp3) is 0.533. The van der Waals surface area contributed by atoms with E-state index in [0.717, 1.165) is 25.7 Å². The van der Waals surface area contributed by atoms with E-state index in [9.17, 15) is 4.79 Å². The second kappa shape index (κ2) is 4.46. The summed E-state index contributed by atoms with van der Waals surface area (Å²) in [4.78, 5) is 14.9. The van der Waals surface area contributed by atoms with Gasteiger partial charge in [-0.3, -0.25) is 0 Å². The molecular formula is C15H19NO. The van der Waals surface area contributed by atoms with Gasteiger partial charge in [-0.1, -0.05) is 30.5 Å². The van der Waals surface area contributed by atoms with E-state index < -0.39 is 0 Å². The van der Waals surface area contributed by atoms with Gasteiger partial charge in [0.15, 0.2) is 0 Å². The van der Waals surface area contributed by atoms with Crippen LogP contribution in [0.4, 0.5) is 0 Å². The Morgan fingerprint density at radius 2 is 1.82 bits per heavy atom. The minimum Gasteiger partial charge on any atom is -0.211 e. The molecule has 0 amide bonds. The number of hydrogen-bond donors (Lipinski definition) is 0. The molecule has 0 aliphatic heterocycles. The van der Waals surface area contributed by atoms with Crippen molar-refractivity contribution < 1.29 is 4.79 Å². The zero-order valence-corrected chi connectivity index (χ0v) is 10.8. The Balaban J connectivity index is 2.61. The lowest BCUT2D eigenvalue weighted by Crippen LogP contribution is -2.21. The standard InChI is InChI=1S/C15H19NO/c1-11-8-12(2)13(3)14(9-11)15(16-10-17)6-4-5-7-15/h8-9H,4-7H2,1-3H3. The van der Waals surface area contributed by atoms with Crippen molar-refractivity contribution in [2.75, 3.05) is 0 Å². The van der Waals surface area contributed by atoms with Crippen molar-refractivity contribution in [3.05, 3.63) is 34.4 Å². The van der Waals surface area contributed by atoms with Crippen molar-refractivity contribution in [1.82, 2.24) is 0 Å². The molecule has 0 bridgehead atoms. The molecule has 0 spiro atoms. The number of aryl methyl sites for hydroxylation is 2. The van der Waals surface area contributed by atoms with Crippen molar-refractivity contribution >= 4 is 6.08 Å². The van der Waals surface area contributed by atoms with E-state index >= 15 is 0 Å². The zero-order chi connectivity index (χ0) is 12.5. The predicted octanol–water partition coefficient (Wildman–Crippen LogP) is 3.72. The maximum absolute atomic E-state index is 10.7. The molecule has 0 aromatic heterocycles. The lowest BCUT2D eigenvalue weighted by Gasteiger charge is -2.26. The van der Waals surface area contributed by atoms with E-state index in [2.05, 4.69) is 37.9 Å². The maximum atomic E-state index is 10.7. The van der Waals surface area contributed by atoms with Crippen molar-refractivity contribution in [2.45, 2.75) is 52.0 Å². The van der Waals surface area contributed by atoms with Gasteiger partial charge >= 0.3 is 0 Å². The first-order valence-electron chi connectivity index (χ1n) is 6.26. The highest BCUT2D eigenvalue weighted by molar-refractivity contribution is 5.45. The van der Waals surface area contributed by atoms with E-state index in [1.54, 1.807) is 6.08 Å². The number of rotatable bonds is 2. The largest absolute Gasteiger partial charge is 0.235 e. The molecule has 1 fully saturated rings. The SMILES string of the molecule is Cc1cc(C)c(C)c(C2(N=C=O)CCCC2)c1. The smallest absolute Gasteiger partial charge is 0.211 e. The van der Waals surface area contributed by atoms with Crippen LogP contribution in [-0.2, 0) is 10.3 Å². The van der Waals surface area contributed by atoms with Crippen molar-refractivity contribution in [3.63, 3.8) is 0 Å². The Morgan fingerprint density at radius 3 is 2.41 bits per heavy atom. The van der Waals surface area contributed by atoms with Gasteiger partial charge in [0, 0.05) is 0 Å². The van der Waals surface area contributed by atoms with Crippen LogP contribution in [0.5, 0.6) is 0 Å². The average Bonchev–Trinajstić information content (AvgIpc) is 2.73. The first-order valence-corrected chi connectivity index (χ1v) is 6.26. The Labute approximate surface area is 103 Å². The summed E-state index contributed by atoms with van der Waals surface area (Å²) in [6.07, 6.45) is 6.05. The number of hydrogen-bond acceptors (Lipinski definition) is 2. The third kappa shape index (κ3) is 2.05. The van der Waals surface area contributed by atoms with Crippen LogP contribution in [0, 0.1) is 20.8 Å². The topological polar surface area (TPSA) is 29.4 Å². The van der Waals surface area contributed by atoms with Crippen LogP contribution in [0.1, 0.15) is 47.9 Å². The molecule has 1 aliphatic rings. The predicted molar refractivity (Wildman–Crippen MR) is 68.9 cm³/mol. The summed E-state index contributed by atoms with van der Waals surface area (Å²) >= 11 is 0. The van der Waals surface area contributed by atoms with Crippen LogP contribution in [0.3, 0.4) is 0 Å². The molecule has 1 aromatic carbocycles. The van der Waals surface area contributed by atoms with Crippen molar-refractivity contribution in [3.8, 4) is 0 Å². The molecule has 2 heteroatoms. The molecule has 0 atom stereocenters. The van der Waals surface area contributed by atoms with E-state index in [-0.39, 0.29) is 5.54 Å². The summed E-state index contributed by atoms with van der Waals surface area (Å²) in [7, 11) is 0. The Kier molecular flexibility index (Phi) is 3.17. The normalized spacial score (nSPS) is 17.8. The highest BCUT2D eigenvalue weighted by Gasteiger charge is 2.37. The van der Waals surface area contributed by atoms with Crippen LogP contribution in [0.2, 0.25) is 0 Å². The van der Waals surface area contributed by atoms with Gasteiger partial charge in [0.1, 0.15) is 0 Å². The highest BCUT2D eigenvalue weighted by Crippen LogP contribution is 2.44. The second-order valence-corrected chi connectivity index (χ2v) is 5.20. The lowest BCUT2D eigenvalue weighted by molar-refractivity contribution is 0.453. The summed E-state index contributed by atoms with van der Waals surface area (Å²) in [6, 6.07) is 4.38. The van der Waals surface area contributed by atoms with Gasteiger partial charge in [-0.2, -0.15) is 4.99 Å². The third-order valence-corrected chi connectivity index (χ3v) is 4.00. The summed E-state index contributed by atoms with van der Waals surface area (Å²) in [5.74, 6) is 0. The fourth-order valence-electron chi connectivity index (χ4n) is 3.01. The molecule has 1 saturated carbocycles. The van der Waals surface area contributed by atoms with Gasteiger partial charge in [-0.15, -0.1) is 0 Å². The van der Waals surface area contributed by atoms with Crippen LogP contribution < -0.4 is 0 Å². The minimum atomic E-state index is -0.289. The number of isocyanates is 1. The first kappa shape index (κ1) is 12.1. The molecule has 0 saturated heterocycles. The van der Waals surface area contributed by atoms with E-state index in [0.29, 0.717) is 0 Å². The Hall–Kier alpha value is -1.40. The first-order chi connectivity index (χ1) is 8.09. The molecule has 1 aromatic rings. The molecule has 17 heavy (non-hydrogen) atoms. The van der Waals surface area contributed by atoms with Crippen molar-refractivity contribution in [2.24, 2.45) is 4.99 Å². The highest BCUT2D eigenvalue weighted by atomic mass is 16.1. The van der Waals surface area contributed by atoms with E-state index in [1.807, 2.05) is 0 Å². The number of carbonyl (C=O) groups excluding carboxylic acids is 1. The number of aliphatic imine (C=N–C) groups is 1. The van der Waals surface area contributed by atoms with E-state index in [4.69, 9.17) is 0 Å². The molecular weight excluding hydrogens is 210 g/mol. The van der Waals surface area contributed by atoms with Crippen LogP contribution in [0.25, 0.3) is 0 Å². The van der Waals surface area contributed by atoms with Crippen LogP contribution >= 0.6 is 0 Å². The molecule has 0 heterocycles. The van der Waals surface area contributed by atoms with Crippen LogP contribution in [-0.4, -0.2) is 6.08 Å². The molecule has 0 N–H and O–H groups in total. The van der Waals surface area contributed by atoms with Gasteiger partial charge in [0.05, 0.1) is 5.54 Å². The lowest BCUT2D eigenvalue weighted by atomic mass is 9.83. The molecule has 2 nitrogen and oxygen atoms in total. The second-order valence-electron chi connectivity index (χ2n) is 5.20. The Morgan fingerprint density at radius 1 is 1.18 bits per heavy atom. The number of nitrogens with zero attached hydrogens (tertiary/aromatic N) is 1.